The van der Waals surface area contributed by atoms with Crippen molar-refractivity contribution in [2.45, 2.75) is 20.0 Å². The Labute approximate surface area is 129 Å². The van der Waals surface area contributed by atoms with Gasteiger partial charge in [0.1, 0.15) is 17.8 Å². The highest BCUT2D eigenvalue weighted by atomic mass is 16.6. The lowest BCUT2D eigenvalue weighted by Gasteiger charge is -2.46. The van der Waals surface area contributed by atoms with Gasteiger partial charge in [-0.1, -0.05) is 30.3 Å². The Balaban J connectivity index is 1.89. The van der Waals surface area contributed by atoms with Gasteiger partial charge in [-0.2, -0.15) is 0 Å². The Kier molecular flexibility index (Phi) is 4.80. The lowest BCUT2D eigenvalue weighted by atomic mass is 9.76. The molecule has 0 aromatic heterocycles. The van der Waals surface area contributed by atoms with E-state index in [9.17, 15) is 14.4 Å². The van der Waals surface area contributed by atoms with E-state index < -0.39 is 17.5 Å². The van der Waals surface area contributed by atoms with Gasteiger partial charge in [0, 0.05) is 19.5 Å². The maximum absolute atomic E-state index is 11.9. The summed E-state index contributed by atoms with van der Waals surface area (Å²) < 4.78 is 9.94. The number of hydrogen-bond donors (Lipinski definition) is 0. The van der Waals surface area contributed by atoms with Crippen LogP contribution in [0.4, 0.5) is 4.79 Å². The zero-order valence-electron chi connectivity index (χ0n) is 12.7. The molecule has 0 spiro atoms. The van der Waals surface area contributed by atoms with Gasteiger partial charge >= 0.3 is 12.1 Å². The standard InChI is InChI=1S/C16H19NO5/c1-12(18)8-16(14(19)21-2)10-17(11-16)15(20)22-9-13-6-4-3-5-7-13/h3-7H,8-11H2,1-2H3. The smallest absolute Gasteiger partial charge is 0.410 e. The van der Waals surface area contributed by atoms with E-state index in [2.05, 4.69) is 0 Å². The quantitative estimate of drug-likeness (QED) is 0.775. The van der Waals surface area contributed by atoms with Crippen LogP contribution >= 0.6 is 0 Å². The third kappa shape index (κ3) is 3.44. The summed E-state index contributed by atoms with van der Waals surface area (Å²) in [5.74, 6) is -0.572. The summed E-state index contributed by atoms with van der Waals surface area (Å²) in [5, 5.41) is 0. The second kappa shape index (κ2) is 6.60. The van der Waals surface area contributed by atoms with Crippen molar-refractivity contribution in [1.82, 2.24) is 4.90 Å². The fourth-order valence-corrected chi connectivity index (χ4v) is 2.63. The van der Waals surface area contributed by atoms with Crippen LogP contribution < -0.4 is 0 Å². The average molecular weight is 305 g/mol. The monoisotopic (exact) mass is 305 g/mol. The van der Waals surface area contributed by atoms with Crippen LogP contribution in [0.1, 0.15) is 18.9 Å². The zero-order valence-corrected chi connectivity index (χ0v) is 12.7. The largest absolute Gasteiger partial charge is 0.468 e. The molecule has 1 heterocycles. The molecule has 0 aliphatic carbocycles. The lowest BCUT2D eigenvalue weighted by molar-refractivity contribution is -0.165. The number of carbonyl (C=O) groups is 3. The Morgan fingerprint density at radius 3 is 2.36 bits per heavy atom. The Morgan fingerprint density at radius 2 is 1.82 bits per heavy atom. The molecule has 0 bridgehead atoms. The number of benzene rings is 1. The second-order valence-corrected chi connectivity index (χ2v) is 5.55. The minimum Gasteiger partial charge on any atom is -0.468 e. The van der Waals surface area contributed by atoms with Gasteiger partial charge in [-0.15, -0.1) is 0 Å². The normalized spacial score (nSPS) is 15.6. The summed E-state index contributed by atoms with van der Waals surface area (Å²) in [5.41, 5.74) is -0.0360. The molecule has 6 heteroatoms. The molecule has 22 heavy (non-hydrogen) atoms. The molecule has 0 atom stereocenters. The number of rotatable bonds is 5. The minimum absolute atomic E-state index is 0.0716. The SMILES string of the molecule is COC(=O)C1(CC(C)=O)CN(C(=O)OCc2ccccc2)C1. The number of nitrogens with zero attached hydrogens (tertiary/aromatic N) is 1. The van der Waals surface area contributed by atoms with Crippen LogP contribution in [-0.4, -0.2) is 42.9 Å². The number of amides is 1. The summed E-state index contributed by atoms with van der Waals surface area (Å²) >= 11 is 0. The third-order valence-corrected chi connectivity index (χ3v) is 3.66. The number of ketones is 1. The number of likely N-dealkylation sites (tertiary alicyclic amines) is 1. The number of carbonyl (C=O) groups excluding carboxylic acids is 3. The number of Topliss-reactive ketones (excluding diaryl/α,β-unsaturated/α-hetero) is 1. The molecule has 6 nitrogen and oxygen atoms in total. The first-order valence-corrected chi connectivity index (χ1v) is 7.00. The molecule has 1 aliphatic heterocycles. The van der Waals surface area contributed by atoms with Crippen LogP contribution in [0.5, 0.6) is 0 Å². The van der Waals surface area contributed by atoms with Crippen LogP contribution in [0.2, 0.25) is 0 Å². The third-order valence-electron chi connectivity index (χ3n) is 3.66. The molecule has 0 saturated carbocycles. The molecule has 1 amide bonds. The fourth-order valence-electron chi connectivity index (χ4n) is 2.63. The highest BCUT2D eigenvalue weighted by molar-refractivity contribution is 5.88. The first-order chi connectivity index (χ1) is 10.5. The first kappa shape index (κ1) is 16.0. The van der Waals surface area contributed by atoms with Crippen molar-refractivity contribution in [2.24, 2.45) is 5.41 Å². The molecule has 1 aromatic carbocycles. The lowest BCUT2D eigenvalue weighted by Crippen LogP contribution is -2.63. The van der Waals surface area contributed by atoms with E-state index in [1.54, 1.807) is 0 Å². The Bertz CT molecular complexity index is 563. The van der Waals surface area contributed by atoms with Gasteiger partial charge in [-0.3, -0.25) is 9.59 Å². The van der Waals surface area contributed by atoms with E-state index in [1.807, 2.05) is 30.3 Å². The van der Waals surface area contributed by atoms with Crippen LogP contribution in [0.3, 0.4) is 0 Å². The van der Waals surface area contributed by atoms with Gasteiger partial charge in [-0.25, -0.2) is 4.79 Å². The molecule has 0 unspecified atom stereocenters. The first-order valence-electron chi connectivity index (χ1n) is 7.00. The number of hydrogen-bond acceptors (Lipinski definition) is 5. The van der Waals surface area contributed by atoms with Gasteiger partial charge in [0.05, 0.1) is 7.11 Å². The molecule has 0 N–H and O–H groups in total. The topological polar surface area (TPSA) is 72.9 Å². The molecule has 1 saturated heterocycles. The number of ether oxygens (including phenoxy) is 2. The van der Waals surface area contributed by atoms with Crippen molar-refractivity contribution in [1.29, 1.82) is 0 Å². The summed E-state index contributed by atoms with van der Waals surface area (Å²) in [4.78, 5) is 36.5. The highest BCUT2D eigenvalue weighted by Gasteiger charge is 2.53. The van der Waals surface area contributed by atoms with Gasteiger partial charge in [0.2, 0.25) is 0 Å². The minimum atomic E-state index is -0.924. The predicted octanol–water partition coefficient (Wildman–Crippen LogP) is 1.78. The molecule has 2 rings (SSSR count). The van der Waals surface area contributed by atoms with E-state index in [0.29, 0.717) is 0 Å². The molecular weight excluding hydrogens is 286 g/mol. The molecule has 0 radical (unpaired) electrons. The average Bonchev–Trinajstić information content (AvgIpc) is 2.48. The maximum atomic E-state index is 11.9. The van der Waals surface area contributed by atoms with E-state index in [4.69, 9.17) is 9.47 Å². The summed E-state index contributed by atoms with van der Waals surface area (Å²) in [6, 6.07) is 9.33. The van der Waals surface area contributed by atoms with E-state index >= 15 is 0 Å². The van der Waals surface area contributed by atoms with Crippen molar-refractivity contribution in [3.05, 3.63) is 35.9 Å². The van der Waals surface area contributed by atoms with E-state index in [-0.39, 0.29) is 31.9 Å². The van der Waals surface area contributed by atoms with Gasteiger partial charge in [0.25, 0.3) is 0 Å². The van der Waals surface area contributed by atoms with Crippen LogP contribution in [0.15, 0.2) is 30.3 Å². The number of methoxy groups -OCH3 is 1. The van der Waals surface area contributed by atoms with Crippen molar-refractivity contribution >= 4 is 17.8 Å². The molecule has 1 fully saturated rings. The molecule has 1 aliphatic rings. The van der Waals surface area contributed by atoms with Crippen molar-refractivity contribution in [2.75, 3.05) is 20.2 Å². The molecule has 1 aromatic rings. The zero-order chi connectivity index (χ0) is 16.2. The van der Waals surface area contributed by atoms with E-state index in [1.165, 1.54) is 18.9 Å². The van der Waals surface area contributed by atoms with Crippen LogP contribution in [-0.2, 0) is 25.7 Å². The van der Waals surface area contributed by atoms with Crippen molar-refractivity contribution in [3.8, 4) is 0 Å². The van der Waals surface area contributed by atoms with E-state index in [0.717, 1.165) is 5.56 Å². The summed E-state index contributed by atoms with van der Waals surface area (Å²) in [6.45, 7) is 1.88. The van der Waals surface area contributed by atoms with Crippen molar-refractivity contribution in [3.63, 3.8) is 0 Å². The van der Waals surface area contributed by atoms with Gasteiger partial charge in [-0.05, 0) is 12.5 Å². The Morgan fingerprint density at radius 1 is 1.18 bits per heavy atom. The van der Waals surface area contributed by atoms with Crippen molar-refractivity contribution < 1.29 is 23.9 Å². The number of esters is 1. The summed E-state index contributed by atoms with van der Waals surface area (Å²) in [7, 11) is 1.28. The molecular formula is C16H19NO5. The summed E-state index contributed by atoms with van der Waals surface area (Å²) in [6.07, 6.45) is -0.422. The van der Waals surface area contributed by atoms with Gasteiger partial charge < -0.3 is 14.4 Å². The second-order valence-electron chi connectivity index (χ2n) is 5.55. The highest BCUT2D eigenvalue weighted by Crippen LogP contribution is 2.36. The Hall–Kier alpha value is -2.37. The van der Waals surface area contributed by atoms with Crippen LogP contribution in [0, 0.1) is 5.41 Å². The maximum Gasteiger partial charge on any atom is 0.410 e. The van der Waals surface area contributed by atoms with Crippen LogP contribution in [0.25, 0.3) is 0 Å². The van der Waals surface area contributed by atoms with Gasteiger partial charge in [0.15, 0.2) is 0 Å². The fraction of sp³-hybridized carbons (Fsp3) is 0.438. The molecule has 118 valence electrons. The predicted molar refractivity (Wildman–Crippen MR) is 77.9 cm³/mol.